The van der Waals surface area contributed by atoms with Crippen molar-refractivity contribution in [3.05, 3.63) is 30.1 Å². The summed E-state index contributed by atoms with van der Waals surface area (Å²) in [5, 5.41) is 3.16. The number of nitrogens with one attached hydrogen (secondary N) is 1. The van der Waals surface area contributed by atoms with Crippen molar-refractivity contribution < 1.29 is 0 Å². The number of pyridine rings is 1. The Balaban J connectivity index is 0.00000264. The first kappa shape index (κ1) is 20.1. The first-order chi connectivity index (χ1) is 10.6. The molecule has 0 bridgehead atoms. The molecule has 1 atom stereocenters. The van der Waals surface area contributed by atoms with E-state index in [-0.39, 0.29) is 24.0 Å². The van der Waals surface area contributed by atoms with E-state index in [9.17, 15) is 0 Å². The SMILES string of the molecule is CC(CN=C(N)NCCc1ccccn1)N1CCN(C)CC1.I. The average Bonchev–Trinajstić information content (AvgIpc) is 2.54. The van der Waals surface area contributed by atoms with Gasteiger partial charge in [0, 0.05) is 57.1 Å². The summed E-state index contributed by atoms with van der Waals surface area (Å²) in [5.74, 6) is 0.525. The first-order valence-corrected chi connectivity index (χ1v) is 8.01. The van der Waals surface area contributed by atoms with Gasteiger partial charge in [-0.2, -0.15) is 0 Å². The van der Waals surface area contributed by atoms with E-state index in [2.05, 4.69) is 39.1 Å². The molecule has 0 saturated carbocycles. The Morgan fingerprint density at radius 2 is 2.09 bits per heavy atom. The van der Waals surface area contributed by atoms with Gasteiger partial charge in [0.05, 0.1) is 6.54 Å². The minimum absolute atomic E-state index is 0. The zero-order valence-corrected chi connectivity index (χ0v) is 16.4. The monoisotopic (exact) mass is 432 g/mol. The number of nitrogens with two attached hydrogens (primary N) is 1. The smallest absolute Gasteiger partial charge is 0.188 e. The van der Waals surface area contributed by atoms with Gasteiger partial charge in [0.15, 0.2) is 5.96 Å². The molecule has 0 aromatic carbocycles. The molecule has 2 rings (SSSR count). The lowest BCUT2D eigenvalue weighted by Gasteiger charge is -2.35. The Bertz CT molecular complexity index is 459. The number of piperazine rings is 1. The fourth-order valence-corrected chi connectivity index (χ4v) is 2.53. The molecule has 0 amide bonds. The fourth-order valence-electron chi connectivity index (χ4n) is 2.53. The summed E-state index contributed by atoms with van der Waals surface area (Å²) >= 11 is 0. The maximum absolute atomic E-state index is 5.93. The number of aromatic nitrogens is 1. The van der Waals surface area contributed by atoms with Crippen LogP contribution in [-0.4, -0.2) is 73.1 Å². The molecule has 0 radical (unpaired) electrons. The number of hydrogen-bond acceptors (Lipinski definition) is 4. The Labute approximate surface area is 156 Å². The van der Waals surface area contributed by atoms with Crippen molar-refractivity contribution in [1.82, 2.24) is 20.1 Å². The third-order valence-corrected chi connectivity index (χ3v) is 4.10. The summed E-state index contributed by atoms with van der Waals surface area (Å²) in [6.07, 6.45) is 2.66. The van der Waals surface area contributed by atoms with Gasteiger partial charge in [-0.05, 0) is 26.1 Å². The third kappa shape index (κ3) is 7.45. The van der Waals surface area contributed by atoms with E-state index >= 15 is 0 Å². The number of guanidine groups is 1. The molecule has 1 aliphatic rings. The number of halogens is 1. The van der Waals surface area contributed by atoms with E-state index in [4.69, 9.17) is 5.73 Å². The summed E-state index contributed by atoms with van der Waals surface area (Å²) in [4.78, 5) is 13.6. The zero-order chi connectivity index (χ0) is 15.8. The molecule has 130 valence electrons. The highest BCUT2D eigenvalue weighted by Crippen LogP contribution is 2.05. The van der Waals surface area contributed by atoms with Crippen LogP contribution in [0.4, 0.5) is 0 Å². The van der Waals surface area contributed by atoms with Crippen LogP contribution in [0.5, 0.6) is 0 Å². The number of likely N-dealkylation sites (N-methyl/N-ethyl adjacent to an activating group) is 1. The molecule has 1 saturated heterocycles. The largest absolute Gasteiger partial charge is 0.370 e. The lowest BCUT2D eigenvalue weighted by atomic mass is 10.2. The third-order valence-electron chi connectivity index (χ3n) is 4.10. The number of nitrogens with zero attached hydrogens (tertiary/aromatic N) is 4. The molecule has 1 aliphatic heterocycles. The van der Waals surface area contributed by atoms with Crippen molar-refractivity contribution in [2.45, 2.75) is 19.4 Å². The second-order valence-electron chi connectivity index (χ2n) is 5.91. The molecule has 1 aromatic rings. The van der Waals surface area contributed by atoms with Crippen LogP contribution < -0.4 is 11.1 Å². The predicted molar refractivity (Wildman–Crippen MR) is 106 cm³/mol. The molecule has 1 aromatic heterocycles. The number of aliphatic imine (C=N–C) groups is 1. The summed E-state index contributed by atoms with van der Waals surface area (Å²) in [5.41, 5.74) is 6.99. The van der Waals surface area contributed by atoms with E-state index in [0.29, 0.717) is 12.0 Å². The zero-order valence-electron chi connectivity index (χ0n) is 14.1. The summed E-state index contributed by atoms with van der Waals surface area (Å²) in [6.45, 7) is 8.20. The molecule has 6 nitrogen and oxygen atoms in total. The Hall–Kier alpha value is -0.930. The Kier molecular flexibility index (Phi) is 9.42. The van der Waals surface area contributed by atoms with Gasteiger partial charge in [-0.1, -0.05) is 6.07 Å². The van der Waals surface area contributed by atoms with Crippen LogP contribution in [0.3, 0.4) is 0 Å². The van der Waals surface area contributed by atoms with Crippen molar-refractivity contribution in [2.24, 2.45) is 10.7 Å². The van der Waals surface area contributed by atoms with E-state index < -0.39 is 0 Å². The Morgan fingerprint density at radius 1 is 1.35 bits per heavy atom. The van der Waals surface area contributed by atoms with Gasteiger partial charge < -0.3 is 16.0 Å². The van der Waals surface area contributed by atoms with Gasteiger partial charge >= 0.3 is 0 Å². The lowest BCUT2D eigenvalue weighted by molar-refractivity contribution is 0.122. The van der Waals surface area contributed by atoms with Gasteiger partial charge in [-0.3, -0.25) is 14.9 Å². The number of rotatable bonds is 6. The average molecular weight is 432 g/mol. The minimum Gasteiger partial charge on any atom is -0.370 e. The van der Waals surface area contributed by atoms with E-state index in [1.165, 1.54) is 0 Å². The van der Waals surface area contributed by atoms with Gasteiger partial charge in [0.1, 0.15) is 0 Å². The second kappa shape index (κ2) is 10.8. The molecular weight excluding hydrogens is 403 g/mol. The van der Waals surface area contributed by atoms with E-state index in [0.717, 1.165) is 51.4 Å². The van der Waals surface area contributed by atoms with Crippen molar-refractivity contribution in [3.8, 4) is 0 Å². The van der Waals surface area contributed by atoms with Crippen molar-refractivity contribution in [1.29, 1.82) is 0 Å². The first-order valence-electron chi connectivity index (χ1n) is 8.01. The standard InChI is InChI=1S/C16H28N6.HI/c1-14(22-11-9-21(2)10-12-22)13-20-16(17)19-8-6-15-5-3-4-7-18-15;/h3-5,7,14H,6,8-13H2,1-2H3,(H3,17,19,20);1H. The van der Waals surface area contributed by atoms with E-state index in [1.54, 1.807) is 0 Å². The molecule has 2 heterocycles. The van der Waals surface area contributed by atoms with Crippen LogP contribution in [0.1, 0.15) is 12.6 Å². The van der Waals surface area contributed by atoms with Crippen LogP contribution >= 0.6 is 24.0 Å². The lowest BCUT2D eigenvalue weighted by Crippen LogP contribution is -2.49. The van der Waals surface area contributed by atoms with Crippen molar-refractivity contribution in [3.63, 3.8) is 0 Å². The van der Waals surface area contributed by atoms with Gasteiger partial charge in [0.25, 0.3) is 0 Å². The molecule has 1 fully saturated rings. The van der Waals surface area contributed by atoms with Crippen LogP contribution in [0.2, 0.25) is 0 Å². The van der Waals surface area contributed by atoms with Crippen LogP contribution in [0, 0.1) is 0 Å². The normalized spacial score (nSPS) is 18.3. The van der Waals surface area contributed by atoms with Gasteiger partial charge in [-0.25, -0.2) is 0 Å². The molecule has 23 heavy (non-hydrogen) atoms. The fraction of sp³-hybridized carbons (Fsp3) is 0.625. The predicted octanol–water partition coefficient (Wildman–Crippen LogP) is 0.782. The van der Waals surface area contributed by atoms with E-state index in [1.807, 2.05) is 24.4 Å². The topological polar surface area (TPSA) is 69.8 Å². The van der Waals surface area contributed by atoms with Gasteiger partial charge in [-0.15, -0.1) is 24.0 Å². The highest BCUT2D eigenvalue weighted by Gasteiger charge is 2.18. The minimum atomic E-state index is 0. The summed E-state index contributed by atoms with van der Waals surface area (Å²) < 4.78 is 0. The molecular formula is C16H29IN6. The maximum Gasteiger partial charge on any atom is 0.188 e. The molecule has 3 N–H and O–H groups in total. The summed E-state index contributed by atoms with van der Waals surface area (Å²) in [7, 11) is 2.17. The molecule has 0 spiro atoms. The number of hydrogen-bond donors (Lipinski definition) is 2. The highest BCUT2D eigenvalue weighted by atomic mass is 127. The van der Waals surface area contributed by atoms with Crippen LogP contribution in [0.15, 0.2) is 29.4 Å². The maximum atomic E-state index is 5.93. The van der Waals surface area contributed by atoms with Crippen molar-refractivity contribution >= 4 is 29.9 Å². The molecule has 0 aliphatic carbocycles. The van der Waals surface area contributed by atoms with Crippen LogP contribution in [0.25, 0.3) is 0 Å². The Morgan fingerprint density at radius 3 is 2.74 bits per heavy atom. The quantitative estimate of drug-likeness (QED) is 0.395. The van der Waals surface area contributed by atoms with Crippen molar-refractivity contribution in [2.75, 3.05) is 46.3 Å². The summed E-state index contributed by atoms with van der Waals surface area (Å²) in [6, 6.07) is 6.37. The molecule has 7 heteroatoms. The van der Waals surface area contributed by atoms with Crippen LogP contribution in [-0.2, 0) is 6.42 Å². The van der Waals surface area contributed by atoms with Gasteiger partial charge in [0.2, 0.25) is 0 Å². The highest BCUT2D eigenvalue weighted by molar-refractivity contribution is 14.0. The second-order valence-corrected chi connectivity index (χ2v) is 5.91. The molecule has 1 unspecified atom stereocenters.